The number of ether oxygens (including phenoxy) is 2. The van der Waals surface area contributed by atoms with Crippen LogP contribution in [0.3, 0.4) is 0 Å². The average Bonchev–Trinajstić information content (AvgIpc) is 2.62. The van der Waals surface area contributed by atoms with Crippen molar-refractivity contribution in [3.05, 3.63) is 65.9 Å². The molecule has 0 saturated carbocycles. The molecule has 0 aliphatic carbocycles. The average molecular weight is 344 g/mol. The third-order valence-electron chi connectivity index (χ3n) is 3.07. The predicted octanol–water partition coefficient (Wildman–Crippen LogP) is 2.33. The number of benzene rings is 1. The molecule has 1 aromatic rings. The van der Waals surface area contributed by atoms with Gasteiger partial charge in [-0.15, -0.1) is 0 Å². The number of carbonyl (C=O) groups is 2. The molecule has 0 radical (unpaired) electrons. The minimum Gasteiger partial charge on any atom is -0.490 e. The van der Waals surface area contributed by atoms with Crippen LogP contribution in [0, 0.1) is 0 Å². The molecule has 3 N–H and O–H groups in total. The fourth-order valence-corrected chi connectivity index (χ4v) is 1.66. The van der Waals surface area contributed by atoms with Crippen molar-refractivity contribution < 1.29 is 19.1 Å². The van der Waals surface area contributed by atoms with E-state index in [2.05, 4.69) is 11.9 Å². The standard InChI is InChI=1S/C19H24N2O4/c1-4-16(20)6-5-11-21-18(22)15-7-9-17(10-8-15)24-12-13-25-19(23)14(2)3/h4-10H,2,11-13,20H2,1,3H3,(H,21,22)/b6-5-,16-4+. The summed E-state index contributed by atoms with van der Waals surface area (Å²) in [6.45, 7) is 7.66. The number of esters is 1. The van der Waals surface area contributed by atoms with E-state index < -0.39 is 5.97 Å². The topological polar surface area (TPSA) is 90.6 Å². The molecule has 0 saturated heterocycles. The molecule has 134 valence electrons. The Bertz CT molecular complexity index is 661. The predicted molar refractivity (Wildman–Crippen MR) is 97.1 cm³/mol. The lowest BCUT2D eigenvalue weighted by Gasteiger charge is -2.08. The zero-order chi connectivity index (χ0) is 18.7. The van der Waals surface area contributed by atoms with E-state index in [0.29, 0.717) is 29.1 Å². The van der Waals surface area contributed by atoms with Gasteiger partial charge in [-0.1, -0.05) is 18.7 Å². The van der Waals surface area contributed by atoms with Crippen LogP contribution in [0.2, 0.25) is 0 Å². The van der Waals surface area contributed by atoms with Gasteiger partial charge in [0.15, 0.2) is 0 Å². The molecule has 0 aliphatic heterocycles. The van der Waals surface area contributed by atoms with Crippen LogP contribution in [0.5, 0.6) is 5.75 Å². The summed E-state index contributed by atoms with van der Waals surface area (Å²) in [6.07, 6.45) is 5.28. The van der Waals surface area contributed by atoms with Crippen molar-refractivity contribution in [2.45, 2.75) is 13.8 Å². The first-order valence-electron chi connectivity index (χ1n) is 7.86. The number of allylic oxidation sites excluding steroid dienone is 2. The van der Waals surface area contributed by atoms with Gasteiger partial charge in [-0.3, -0.25) is 4.79 Å². The zero-order valence-corrected chi connectivity index (χ0v) is 14.6. The Kier molecular flexibility index (Phi) is 8.57. The second-order valence-corrected chi connectivity index (χ2v) is 5.19. The fourth-order valence-electron chi connectivity index (χ4n) is 1.66. The summed E-state index contributed by atoms with van der Waals surface area (Å²) >= 11 is 0. The van der Waals surface area contributed by atoms with Gasteiger partial charge < -0.3 is 20.5 Å². The molecule has 0 unspecified atom stereocenters. The van der Waals surface area contributed by atoms with Crippen molar-refractivity contribution in [3.8, 4) is 5.75 Å². The first-order chi connectivity index (χ1) is 11.9. The first kappa shape index (κ1) is 20.0. The van der Waals surface area contributed by atoms with Gasteiger partial charge in [-0.05, 0) is 44.2 Å². The van der Waals surface area contributed by atoms with E-state index in [4.69, 9.17) is 15.2 Å². The Balaban J connectivity index is 2.37. The lowest BCUT2D eigenvalue weighted by molar-refractivity contribution is -0.139. The molecular formula is C19H24N2O4. The number of nitrogens with one attached hydrogen (secondary N) is 1. The molecule has 25 heavy (non-hydrogen) atoms. The molecule has 0 aromatic heterocycles. The highest BCUT2D eigenvalue weighted by molar-refractivity contribution is 5.94. The van der Waals surface area contributed by atoms with Crippen molar-refractivity contribution in [2.75, 3.05) is 19.8 Å². The first-order valence-corrected chi connectivity index (χ1v) is 7.86. The maximum Gasteiger partial charge on any atom is 0.333 e. The van der Waals surface area contributed by atoms with Gasteiger partial charge in [0.2, 0.25) is 0 Å². The minimum atomic E-state index is -0.444. The summed E-state index contributed by atoms with van der Waals surface area (Å²) in [4.78, 5) is 23.2. The molecule has 1 aromatic carbocycles. The minimum absolute atomic E-state index is 0.135. The lowest BCUT2D eigenvalue weighted by atomic mass is 10.2. The van der Waals surface area contributed by atoms with Crippen molar-refractivity contribution in [3.63, 3.8) is 0 Å². The summed E-state index contributed by atoms with van der Waals surface area (Å²) in [5, 5.41) is 2.76. The SMILES string of the molecule is C=C(C)C(=O)OCCOc1ccc(C(=O)NC/C=C\C(N)=C/C)cc1. The molecule has 1 amide bonds. The van der Waals surface area contributed by atoms with Crippen LogP contribution in [0.15, 0.2) is 60.3 Å². The molecule has 6 nitrogen and oxygen atoms in total. The van der Waals surface area contributed by atoms with E-state index in [9.17, 15) is 9.59 Å². The van der Waals surface area contributed by atoms with Gasteiger partial charge in [-0.2, -0.15) is 0 Å². The third-order valence-corrected chi connectivity index (χ3v) is 3.07. The molecule has 6 heteroatoms. The number of hydrogen-bond acceptors (Lipinski definition) is 5. The van der Waals surface area contributed by atoms with Crippen molar-refractivity contribution >= 4 is 11.9 Å². The van der Waals surface area contributed by atoms with E-state index in [-0.39, 0.29) is 19.1 Å². The number of amides is 1. The van der Waals surface area contributed by atoms with Crippen LogP contribution in [0.4, 0.5) is 0 Å². The summed E-state index contributed by atoms with van der Waals surface area (Å²) in [5.41, 5.74) is 7.13. The number of nitrogens with two attached hydrogens (primary N) is 1. The zero-order valence-electron chi connectivity index (χ0n) is 14.6. The highest BCUT2D eigenvalue weighted by Crippen LogP contribution is 2.12. The van der Waals surface area contributed by atoms with E-state index in [0.717, 1.165) is 0 Å². The molecule has 0 fully saturated rings. The second kappa shape index (κ2) is 10.7. The molecule has 0 spiro atoms. The fraction of sp³-hybridized carbons (Fsp3) is 0.263. The highest BCUT2D eigenvalue weighted by atomic mass is 16.6. The van der Waals surface area contributed by atoms with Crippen LogP contribution in [-0.4, -0.2) is 31.6 Å². The maximum absolute atomic E-state index is 12.0. The summed E-state index contributed by atoms with van der Waals surface area (Å²) in [7, 11) is 0. The number of carbonyl (C=O) groups excluding carboxylic acids is 2. The molecule has 0 bridgehead atoms. The molecule has 0 atom stereocenters. The van der Waals surface area contributed by atoms with E-state index >= 15 is 0 Å². The molecule has 0 aliphatic rings. The Hall–Kier alpha value is -3.02. The summed E-state index contributed by atoms with van der Waals surface area (Å²) < 4.78 is 10.4. The van der Waals surface area contributed by atoms with Crippen LogP contribution in [-0.2, 0) is 9.53 Å². The highest BCUT2D eigenvalue weighted by Gasteiger charge is 2.05. The van der Waals surface area contributed by atoms with Gasteiger partial charge in [0.05, 0.1) is 0 Å². The van der Waals surface area contributed by atoms with Gasteiger partial charge in [0.25, 0.3) is 5.91 Å². The van der Waals surface area contributed by atoms with Gasteiger partial charge in [0, 0.05) is 23.4 Å². The van der Waals surface area contributed by atoms with Crippen molar-refractivity contribution in [2.24, 2.45) is 5.73 Å². The van der Waals surface area contributed by atoms with Crippen LogP contribution < -0.4 is 15.8 Å². The maximum atomic E-state index is 12.0. The largest absolute Gasteiger partial charge is 0.490 e. The molecule has 0 heterocycles. The summed E-state index contributed by atoms with van der Waals surface area (Å²) in [6, 6.07) is 6.69. The quantitative estimate of drug-likeness (QED) is 0.310. The number of rotatable bonds is 9. The number of hydrogen-bond donors (Lipinski definition) is 2. The third kappa shape index (κ3) is 7.87. The Morgan fingerprint density at radius 3 is 2.52 bits per heavy atom. The lowest BCUT2D eigenvalue weighted by Crippen LogP contribution is -2.23. The Labute approximate surface area is 148 Å². The Morgan fingerprint density at radius 2 is 1.92 bits per heavy atom. The smallest absolute Gasteiger partial charge is 0.333 e. The van der Waals surface area contributed by atoms with Gasteiger partial charge in [0.1, 0.15) is 19.0 Å². The van der Waals surface area contributed by atoms with Crippen LogP contribution in [0.25, 0.3) is 0 Å². The summed E-state index contributed by atoms with van der Waals surface area (Å²) in [5.74, 6) is -0.0461. The van der Waals surface area contributed by atoms with Gasteiger partial charge >= 0.3 is 5.97 Å². The van der Waals surface area contributed by atoms with E-state index in [1.807, 2.05) is 6.92 Å². The van der Waals surface area contributed by atoms with Crippen molar-refractivity contribution in [1.82, 2.24) is 5.32 Å². The van der Waals surface area contributed by atoms with Crippen LogP contribution in [0.1, 0.15) is 24.2 Å². The monoisotopic (exact) mass is 344 g/mol. The second-order valence-electron chi connectivity index (χ2n) is 5.19. The van der Waals surface area contributed by atoms with Gasteiger partial charge in [-0.25, -0.2) is 4.79 Å². The van der Waals surface area contributed by atoms with E-state index in [1.54, 1.807) is 49.4 Å². The Morgan fingerprint density at radius 1 is 1.24 bits per heavy atom. The van der Waals surface area contributed by atoms with Crippen LogP contribution >= 0.6 is 0 Å². The van der Waals surface area contributed by atoms with E-state index in [1.165, 1.54) is 0 Å². The molecular weight excluding hydrogens is 320 g/mol. The van der Waals surface area contributed by atoms with Crippen molar-refractivity contribution in [1.29, 1.82) is 0 Å². The molecule has 1 rings (SSSR count). The normalized spacial score (nSPS) is 11.2.